The summed E-state index contributed by atoms with van der Waals surface area (Å²) in [5.74, 6) is -35.8. The van der Waals surface area contributed by atoms with Crippen molar-refractivity contribution in [3.05, 3.63) is 36.7 Å². The maximum atomic E-state index is 13.9. The molecule has 0 fully saturated rings. The van der Waals surface area contributed by atoms with E-state index in [1.165, 1.54) is 55.2 Å². The highest BCUT2D eigenvalue weighted by Gasteiger charge is 2.90. The highest BCUT2D eigenvalue weighted by Crippen LogP contribution is 2.60. The van der Waals surface area contributed by atoms with Gasteiger partial charge in [-0.2, -0.15) is 57.1 Å². The number of benzene rings is 1. The summed E-state index contributed by atoms with van der Waals surface area (Å²) in [7, 11) is -1.41. The van der Waals surface area contributed by atoms with Crippen molar-refractivity contribution in [1.29, 1.82) is 0 Å². The largest absolute Gasteiger partial charge is 0.494 e. The van der Waals surface area contributed by atoms with Crippen LogP contribution >= 0.6 is 0 Å². The molecule has 1 aromatic heterocycles. The van der Waals surface area contributed by atoms with E-state index in [9.17, 15) is 57.1 Å². The van der Waals surface area contributed by atoms with Crippen molar-refractivity contribution >= 4 is 22.2 Å². The summed E-state index contributed by atoms with van der Waals surface area (Å²) in [4.78, 5) is 8.49. The average molecular weight is 789 g/mol. The Kier molecular flexibility index (Phi) is 15.2. The molecule has 0 radical (unpaired) electrons. The molecule has 0 atom stereocenters. The van der Waals surface area contributed by atoms with E-state index in [-0.39, 0.29) is 14.2 Å². The van der Waals surface area contributed by atoms with Crippen LogP contribution in [0.15, 0.2) is 36.7 Å². The fourth-order valence-corrected chi connectivity index (χ4v) is 9.33. The lowest BCUT2D eigenvalue weighted by atomic mass is 9.92. The van der Waals surface area contributed by atoms with Gasteiger partial charge in [-0.3, -0.25) is 0 Å². The highest BCUT2D eigenvalue weighted by molar-refractivity contribution is 6.82. The summed E-state index contributed by atoms with van der Waals surface area (Å²) in [5.41, 5.74) is 3.09. The van der Waals surface area contributed by atoms with Crippen molar-refractivity contribution in [3.8, 4) is 22.9 Å². The molecular formula is C32H41F13N2O2Si2. The third kappa shape index (κ3) is 11.6. The summed E-state index contributed by atoms with van der Waals surface area (Å²) in [5, 5.41) is 0. The zero-order valence-electron chi connectivity index (χ0n) is 28.4. The lowest BCUT2D eigenvalue weighted by Crippen LogP contribution is -2.70. The molecule has 2 aromatic rings. The summed E-state index contributed by atoms with van der Waals surface area (Å²) >= 11 is 0. The van der Waals surface area contributed by atoms with E-state index in [0.29, 0.717) is 23.7 Å². The number of alkyl halides is 13. The van der Waals surface area contributed by atoms with Crippen LogP contribution in [0.2, 0.25) is 38.3 Å². The van der Waals surface area contributed by atoms with Gasteiger partial charge in [0.1, 0.15) is 5.75 Å². The van der Waals surface area contributed by atoms with Gasteiger partial charge in [-0.05, 0) is 55.6 Å². The molecule has 0 aliphatic rings. The SMILES string of the molecule is C/[Si](=C\C[Si](C)(C)C)CCCCCCOc1cnc(-c2ccc(OCCCCC(F)(F)C(F)(F)C(F)(F)C(F)(F)C(F)(F)C(F)(F)F)cc2)nc1. The number of rotatable bonds is 21. The molecule has 0 saturated heterocycles. The maximum absolute atomic E-state index is 13.9. The molecule has 0 unspecified atom stereocenters. The van der Waals surface area contributed by atoms with Gasteiger partial charge in [0, 0.05) is 28.5 Å². The van der Waals surface area contributed by atoms with E-state index in [0.717, 1.165) is 19.3 Å². The molecule has 51 heavy (non-hydrogen) atoms. The number of hydrogen-bond acceptors (Lipinski definition) is 4. The molecule has 290 valence electrons. The normalized spacial score (nSPS) is 14.2. The zero-order chi connectivity index (χ0) is 38.9. The van der Waals surface area contributed by atoms with Gasteiger partial charge in [0.15, 0.2) is 11.6 Å². The number of unbranched alkanes of at least 4 members (excludes halogenated alkanes) is 4. The first-order valence-electron chi connectivity index (χ1n) is 16.1. The molecule has 2 rings (SSSR count). The second-order valence-electron chi connectivity index (χ2n) is 13.4. The summed E-state index contributed by atoms with van der Waals surface area (Å²) in [6.07, 6.45) is -3.98. The first-order chi connectivity index (χ1) is 23.3. The molecule has 1 heterocycles. The van der Waals surface area contributed by atoms with E-state index in [1.807, 2.05) is 0 Å². The third-order valence-corrected chi connectivity index (χ3v) is 11.6. The Balaban J connectivity index is 1.78. The van der Waals surface area contributed by atoms with Crippen LogP contribution in [0.5, 0.6) is 11.5 Å². The van der Waals surface area contributed by atoms with E-state index < -0.39 is 69.7 Å². The van der Waals surface area contributed by atoms with E-state index in [2.05, 4.69) is 41.8 Å². The Morgan fingerprint density at radius 3 is 1.65 bits per heavy atom. The Labute approximate surface area is 290 Å². The summed E-state index contributed by atoms with van der Waals surface area (Å²) in [6.45, 7) is 9.55. The van der Waals surface area contributed by atoms with E-state index in [4.69, 9.17) is 9.47 Å². The molecule has 0 aliphatic carbocycles. The minimum atomic E-state index is -7.90. The maximum Gasteiger partial charge on any atom is 0.460 e. The van der Waals surface area contributed by atoms with Crippen molar-refractivity contribution in [2.75, 3.05) is 13.2 Å². The van der Waals surface area contributed by atoms with Crippen LogP contribution in [0, 0.1) is 0 Å². The van der Waals surface area contributed by atoms with Gasteiger partial charge >= 0.3 is 35.8 Å². The van der Waals surface area contributed by atoms with Gasteiger partial charge in [0.05, 0.1) is 25.6 Å². The highest BCUT2D eigenvalue weighted by atomic mass is 28.3. The number of nitrogens with zero attached hydrogens (tertiary/aromatic N) is 2. The van der Waals surface area contributed by atoms with Crippen molar-refractivity contribution in [3.63, 3.8) is 0 Å². The summed E-state index contributed by atoms with van der Waals surface area (Å²) < 4.78 is 183. The van der Waals surface area contributed by atoms with Crippen LogP contribution in [-0.4, -0.2) is 81.1 Å². The number of hydrogen-bond donors (Lipinski definition) is 0. The lowest BCUT2D eigenvalue weighted by Gasteiger charge is -2.39. The molecule has 0 bridgehead atoms. The van der Waals surface area contributed by atoms with Crippen LogP contribution in [0.3, 0.4) is 0 Å². The minimum Gasteiger partial charge on any atom is -0.494 e. The topological polar surface area (TPSA) is 44.2 Å². The smallest absolute Gasteiger partial charge is 0.460 e. The van der Waals surface area contributed by atoms with Gasteiger partial charge in [0.2, 0.25) is 0 Å². The monoisotopic (exact) mass is 788 g/mol. The van der Waals surface area contributed by atoms with Gasteiger partial charge in [0.25, 0.3) is 0 Å². The zero-order valence-corrected chi connectivity index (χ0v) is 30.4. The average Bonchev–Trinajstić information content (AvgIpc) is 3.02. The molecule has 1 aromatic carbocycles. The number of ether oxygens (including phenoxy) is 2. The molecule has 0 spiro atoms. The molecule has 0 amide bonds. The van der Waals surface area contributed by atoms with Crippen molar-refractivity contribution in [2.24, 2.45) is 0 Å². The minimum absolute atomic E-state index is 0.150. The van der Waals surface area contributed by atoms with Gasteiger partial charge in [-0.15, -0.1) is 5.67 Å². The first-order valence-corrected chi connectivity index (χ1v) is 22.1. The van der Waals surface area contributed by atoms with Crippen LogP contribution in [0.25, 0.3) is 11.4 Å². The predicted octanol–water partition coefficient (Wildman–Crippen LogP) is 11.2. The standard InChI is InChI=1S/C32H41F13N2O2Si2/c1-50(19-20-51(2,3)4)18-10-6-5-8-16-49-25-21-46-26(47-22-25)23-11-13-24(14-12-23)48-17-9-7-15-27(33,34)28(35,36)29(37,38)30(39,40)31(41,42)32(43,44)45/h11-14,19,21-22H,5-10,15-18,20H2,1-4H3/b50-19+. The van der Waals surface area contributed by atoms with Crippen LogP contribution in [0.4, 0.5) is 57.1 Å². The summed E-state index contributed by atoms with van der Waals surface area (Å²) in [6, 6.07) is 8.45. The molecule has 0 N–H and O–H groups in total. The number of halogens is 13. The third-order valence-electron chi connectivity index (χ3n) is 7.69. The lowest BCUT2D eigenvalue weighted by molar-refractivity contribution is -0.440. The first kappa shape index (κ1) is 44.5. The second-order valence-corrected chi connectivity index (χ2v) is 21.5. The molecule has 0 saturated carbocycles. The van der Waals surface area contributed by atoms with E-state index in [1.54, 1.807) is 0 Å². The molecule has 0 aliphatic heterocycles. The number of aromatic nitrogens is 2. The fraction of sp³-hybridized carbons (Fsp3) is 0.656. The molecule has 19 heteroatoms. The fourth-order valence-electron chi connectivity index (χ4n) is 4.47. The van der Waals surface area contributed by atoms with E-state index >= 15 is 0 Å². The second kappa shape index (κ2) is 17.4. The van der Waals surface area contributed by atoms with Crippen molar-refractivity contribution in [2.45, 2.75) is 119 Å². The van der Waals surface area contributed by atoms with Crippen molar-refractivity contribution < 1.29 is 66.5 Å². The molecular weight excluding hydrogens is 748 g/mol. The van der Waals surface area contributed by atoms with Gasteiger partial charge < -0.3 is 9.47 Å². The van der Waals surface area contributed by atoms with Crippen LogP contribution in [0.1, 0.15) is 44.9 Å². The Morgan fingerprint density at radius 1 is 0.627 bits per heavy atom. The quantitative estimate of drug-likeness (QED) is 0.0718. The Hall–Kier alpha value is -2.71. The Bertz CT molecular complexity index is 1400. The van der Waals surface area contributed by atoms with Crippen molar-refractivity contribution in [1.82, 2.24) is 9.97 Å². The van der Waals surface area contributed by atoms with Crippen LogP contribution in [-0.2, 0) is 0 Å². The molecule has 4 nitrogen and oxygen atoms in total. The van der Waals surface area contributed by atoms with Gasteiger partial charge in [-0.25, -0.2) is 9.97 Å². The Morgan fingerprint density at radius 2 is 1.12 bits per heavy atom. The van der Waals surface area contributed by atoms with Gasteiger partial charge in [-0.1, -0.05) is 45.5 Å². The predicted molar refractivity (Wildman–Crippen MR) is 172 cm³/mol. The van der Waals surface area contributed by atoms with Crippen LogP contribution < -0.4 is 9.47 Å².